The van der Waals surface area contributed by atoms with Crippen LogP contribution < -0.4 is 4.90 Å². The molecule has 0 aromatic carbocycles. The van der Waals surface area contributed by atoms with E-state index in [4.69, 9.17) is 13.9 Å². The normalized spacial score (nSPS) is 13.0. The average molecular weight is 440 g/mol. The lowest BCUT2D eigenvalue weighted by atomic mass is 10.2. The number of imide groups is 1. The van der Waals surface area contributed by atoms with Gasteiger partial charge in [-0.15, -0.1) is 4.90 Å². The van der Waals surface area contributed by atoms with Crippen LogP contribution in [-0.4, -0.2) is 41.7 Å². The van der Waals surface area contributed by atoms with Crippen LogP contribution in [0.4, 0.5) is 15.5 Å². The van der Waals surface area contributed by atoms with Crippen molar-refractivity contribution >= 4 is 26.5 Å². The zero-order chi connectivity index (χ0) is 23.5. The minimum atomic E-state index is -1.93. The standard InChI is InChI=1S/C21H37N3O5Si/c1-19(2,3)28-17(25)24(18(26)29-20(4,5)6)16-22-12-15(13-23-16)14-27-30(10,11)21(7,8)9/h12-13H,14H2,1-11H3. The van der Waals surface area contributed by atoms with Crippen molar-refractivity contribution < 1.29 is 23.5 Å². The van der Waals surface area contributed by atoms with Gasteiger partial charge in [-0.3, -0.25) is 0 Å². The van der Waals surface area contributed by atoms with Crippen LogP contribution in [0.2, 0.25) is 18.1 Å². The van der Waals surface area contributed by atoms with Crippen molar-refractivity contribution in [3.8, 4) is 0 Å². The van der Waals surface area contributed by atoms with Gasteiger partial charge in [-0.1, -0.05) is 20.8 Å². The molecule has 0 spiro atoms. The van der Waals surface area contributed by atoms with Crippen LogP contribution >= 0.6 is 0 Å². The summed E-state index contributed by atoms with van der Waals surface area (Å²) in [5, 5.41) is 0.0814. The monoisotopic (exact) mass is 439 g/mol. The zero-order valence-electron chi connectivity index (χ0n) is 20.2. The number of hydrogen-bond acceptors (Lipinski definition) is 7. The predicted molar refractivity (Wildman–Crippen MR) is 119 cm³/mol. The molecule has 0 saturated heterocycles. The first kappa shape index (κ1) is 26.0. The molecule has 0 bridgehead atoms. The van der Waals surface area contributed by atoms with Crippen LogP contribution in [-0.2, 0) is 20.5 Å². The molecule has 1 rings (SSSR count). The third kappa shape index (κ3) is 8.02. The fraction of sp³-hybridized carbons (Fsp3) is 0.714. The molecule has 8 nitrogen and oxygen atoms in total. The number of ether oxygens (including phenoxy) is 2. The highest BCUT2D eigenvalue weighted by molar-refractivity contribution is 6.74. The number of carbonyl (C=O) groups excluding carboxylic acids is 2. The van der Waals surface area contributed by atoms with Crippen LogP contribution in [0.1, 0.15) is 67.9 Å². The van der Waals surface area contributed by atoms with Gasteiger partial charge in [0.25, 0.3) is 0 Å². The minimum Gasteiger partial charge on any atom is -0.443 e. The molecular weight excluding hydrogens is 402 g/mol. The maximum absolute atomic E-state index is 12.6. The van der Waals surface area contributed by atoms with E-state index in [-0.39, 0.29) is 11.0 Å². The van der Waals surface area contributed by atoms with Crippen LogP contribution in [0, 0.1) is 0 Å². The van der Waals surface area contributed by atoms with Crippen molar-refractivity contribution in [2.24, 2.45) is 0 Å². The van der Waals surface area contributed by atoms with Gasteiger partial charge in [0, 0.05) is 18.0 Å². The van der Waals surface area contributed by atoms with E-state index >= 15 is 0 Å². The molecule has 0 N–H and O–H groups in total. The molecule has 1 aromatic heterocycles. The molecule has 0 fully saturated rings. The van der Waals surface area contributed by atoms with Crippen molar-refractivity contribution in [1.29, 1.82) is 0 Å². The molecule has 0 aliphatic rings. The second-order valence-electron chi connectivity index (χ2n) is 10.7. The summed E-state index contributed by atoms with van der Waals surface area (Å²) in [7, 11) is -1.93. The molecule has 1 heterocycles. The SMILES string of the molecule is CC(C)(C)OC(=O)N(C(=O)OC(C)(C)C)c1ncc(CO[Si](C)(C)C(C)(C)C)cn1. The molecule has 0 aliphatic carbocycles. The predicted octanol–water partition coefficient (Wildman–Crippen LogP) is 5.68. The smallest absolute Gasteiger partial charge is 0.427 e. The number of hydrogen-bond donors (Lipinski definition) is 0. The van der Waals surface area contributed by atoms with Crippen molar-refractivity contribution in [2.45, 2.75) is 98.3 Å². The highest BCUT2D eigenvalue weighted by Gasteiger charge is 2.37. The Labute approximate surface area is 181 Å². The summed E-state index contributed by atoms with van der Waals surface area (Å²) >= 11 is 0. The Bertz CT molecular complexity index is 716. The third-order valence-corrected chi connectivity index (χ3v) is 8.93. The van der Waals surface area contributed by atoms with E-state index in [0.717, 1.165) is 5.56 Å². The first-order valence-electron chi connectivity index (χ1n) is 10.0. The fourth-order valence-electron chi connectivity index (χ4n) is 1.87. The van der Waals surface area contributed by atoms with E-state index in [2.05, 4.69) is 43.8 Å². The first-order valence-corrected chi connectivity index (χ1v) is 12.9. The molecule has 1 aromatic rings. The Hall–Kier alpha value is -2.00. The lowest BCUT2D eigenvalue weighted by Gasteiger charge is -2.36. The van der Waals surface area contributed by atoms with E-state index in [9.17, 15) is 9.59 Å². The molecule has 0 atom stereocenters. The zero-order valence-corrected chi connectivity index (χ0v) is 21.2. The summed E-state index contributed by atoms with van der Waals surface area (Å²) in [5.74, 6) is -0.116. The molecule has 0 aliphatic heterocycles. The molecule has 0 unspecified atom stereocenters. The van der Waals surface area contributed by atoms with Crippen molar-refractivity contribution in [2.75, 3.05) is 4.90 Å². The summed E-state index contributed by atoms with van der Waals surface area (Å²) in [6.07, 6.45) is 1.28. The van der Waals surface area contributed by atoms with E-state index in [0.29, 0.717) is 11.5 Å². The number of anilines is 1. The van der Waals surface area contributed by atoms with E-state index < -0.39 is 31.7 Å². The van der Waals surface area contributed by atoms with Gasteiger partial charge in [-0.2, -0.15) is 0 Å². The van der Waals surface area contributed by atoms with Crippen molar-refractivity contribution in [3.63, 3.8) is 0 Å². The van der Waals surface area contributed by atoms with Gasteiger partial charge < -0.3 is 13.9 Å². The van der Waals surface area contributed by atoms with Gasteiger partial charge >= 0.3 is 12.2 Å². The van der Waals surface area contributed by atoms with Gasteiger partial charge in [-0.05, 0) is 59.7 Å². The molecule has 170 valence electrons. The van der Waals surface area contributed by atoms with Gasteiger partial charge in [0.05, 0.1) is 6.61 Å². The minimum absolute atomic E-state index is 0.0814. The Morgan fingerprint density at radius 2 is 1.27 bits per heavy atom. The highest BCUT2D eigenvalue weighted by Crippen LogP contribution is 2.37. The summed E-state index contributed by atoms with van der Waals surface area (Å²) < 4.78 is 16.8. The summed E-state index contributed by atoms with van der Waals surface area (Å²) in [4.78, 5) is 34.4. The third-order valence-electron chi connectivity index (χ3n) is 4.45. The molecule has 0 saturated carbocycles. The largest absolute Gasteiger partial charge is 0.443 e. The summed E-state index contributed by atoms with van der Waals surface area (Å²) in [6.45, 7) is 21.4. The van der Waals surface area contributed by atoms with Crippen LogP contribution in [0.25, 0.3) is 0 Å². The summed E-state index contributed by atoms with van der Waals surface area (Å²) in [6, 6.07) is 0. The van der Waals surface area contributed by atoms with E-state index in [1.54, 1.807) is 41.5 Å². The Kier molecular flexibility index (Phi) is 7.82. The second kappa shape index (κ2) is 9.01. The quantitative estimate of drug-likeness (QED) is 0.558. The van der Waals surface area contributed by atoms with Crippen molar-refractivity contribution in [3.05, 3.63) is 18.0 Å². The van der Waals surface area contributed by atoms with Crippen LogP contribution in [0.5, 0.6) is 0 Å². The number of carbonyl (C=O) groups is 2. The molecule has 2 amide bonds. The van der Waals surface area contributed by atoms with Crippen molar-refractivity contribution in [1.82, 2.24) is 9.97 Å². The number of nitrogens with zero attached hydrogens (tertiary/aromatic N) is 3. The van der Waals surface area contributed by atoms with Gasteiger partial charge in [0.1, 0.15) is 11.2 Å². The molecule has 9 heteroatoms. The number of aromatic nitrogens is 2. The van der Waals surface area contributed by atoms with E-state index in [1.165, 1.54) is 12.4 Å². The Morgan fingerprint density at radius 1 is 0.867 bits per heavy atom. The van der Waals surface area contributed by atoms with Gasteiger partial charge in [0.2, 0.25) is 5.95 Å². The lowest BCUT2D eigenvalue weighted by molar-refractivity contribution is 0.0427. The van der Waals surface area contributed by atoms with E-state index in [1.807, 2.05) is 0 Å². The summed E-state index contributed by atoms with van der Waals surface area (Å²) in [5.41, 5.74) is -0.848. The molecule has 0 radical (unpaired) electrons. The Balaban J connectivity index is 3.08. The first-order chi connectivity index (χ1) is 13.3. The number of rotatable bonds is 4. The average Bonchev–Trinajstić information content (AvgIpc) is 2.49. The number of amides is 2. The maximum Gasteiger partial charge on any atom is 0.427 e. The fourth-order valence-corrected chi connectivity index (χ4v) is 2.83. The highest BCUT2D eigenvalue weighted by atomic mass is 28.4. The maximum atomic E-state index is 12.6. The topological polar surface area (TPSA) is 90.9 Å². The Morgan fingerprint density at radius 3 is 1.60 bits per heavy atom. The molecule has 30 heavy (non-hydrogen) atoms. The molecular formula is C21H37N3O5Si. The second-order valence-corrected chi connectivity index (χ2v) is 15.5. The lowest BCUT2D eigenvalue weighted by Crippen LogP contribution is -2.44. The van der Waals surface area contributed by atoms with Gasteiger partial charge in [-0.25, -0.2) is 19.6 Å². The van der Waals surface area contributed by atoms with Crippen LogP contribution in [0.3, 0.4) is 0 Å². The van der Waals surface area contributed by atoms with Crippen LogP contribution in [0.15, 0.2) is 12.4 Å². The van der Waals surface area contributed by atoms with Gasteiger partial charge in [0.15, 0.2) is 8.32 Å².